The largest absolute Gasteiger partial charge is 0.292 e. The zero-order chi connectivity index (χ0) is 11.9. The molecule has 0 aromatic heterocycles. The van der Waals surface area contributed by atoms with E-state index in [2.05, 4.69) is 44.8 Å². The second-order valence-corrected chi connectivity index (χ2v) is 8.21. The van der Waals surface area contributed by atoms with Crippen molar-refractivity contribution in [2.45, 2.75) is 36.3 Å². The van der Waals surface area contributed by atoms with Crippen molar-refractivity contribution in [3.63, 3.8) is 0 Å². The lowest BCUT2D eigenvalue weighted by atomic mass is 9.93. The Hall–Kier alpha value is -0.150. The Labute approximate surface area is 113 Å². The Morgan fingerprint density at radius 3 is 2.50 bits per heavy atom. The number of ketones is 1. The van der Waals surface area contributed by atoms with Gasteiger partial charge in [-0.3, -0.25) is 4.79 Å². The highest BCUT2D eigenvalue weighted by molar-refractivity contribution is 9.25. The van der Waals surface area contributed by atoms with Crippen molar-refractivity contribution < 1.29 is 4.79 Å². The molecule has 0 N–H and O–H groups in total. The molecule has 0 saturated carbocycles. The van der Waals surface area contributed by atoms with Crippen LogP contribution in [-0.4, -0.2) is 9.02 Å². The number of fused-ring (bicyclic) bond motifs is 1. The van der Waals surface area contributed by atoms with Gasteiger partial charge in [0.05, 0.1) is 0 Å². The van der Waals surface area contributed by atoms with Gasteiger partial charge in [0.15, 0.2) is 5.78 Å². The molecule has 2 rings (SSSR count). The standard InChI is InChI=1S/C13H14Br2O/c1-8-5-6-9(2)11-10(8)4-3-7-13(14,15)12(11)16/h5-6H,3-4,7H2,1-2H3. The van der Waals surface area contributed by atoms with Gasteiger partial charge in [0, 0.05) is 5.56 Å². The van der Waals surface area contributed by atoms with E-state index in [0.29, 0.717) is 0 Å². The van der Waals surface area contributed by atoms with Crippen LogP contribution < -0.4 is 0 Å². The number of hydrogen-bond acceptors (Lipinski definition) is 1. The number of carbonyl (C=O) groups excluding carboxylic acids is 1. The lowest BCUT2D eigenvalue weighted by Gasteiger charge is -2.18. The van der Waals surface area contributed by atoms with Crippen LogP contribution in [-0.2, 0) is 6.42 Å². The van der Waals surface area contributed by atoms with Gasteiger partial charge in [-0.1, -0.05) is 44.0 Å². The first kappa shape index (κ1) is 12.3. The van der Waals surface area contributed by atoms with Gasteiger partial charge in [-0.15, -0.1) is 0 Å². The highest BCUT2D eigenvalue weighted by atomic mass is 79.9. The fraction of sp³-hybridized carbons (Fsp3) is 0.462. The highest BCUT2D eigenvalue weighted by Gasteiger charge is 2.37. The summed E-state index contributed by atoms with van der Waals surface area (Å²) in [7, 11) is 0. The number of rotatable bonds is 0. The molecule has 0 saturated heterocycles. The van der Waals surface area contributed by atoms with Gasteiger partial charge in [0.1, 0.15) is 3.23 Å². The SMILES string of the molecule is Cc1ccc(C)c2c1CCCC(Br)(Br)C2=O. The molecule has 0 spiro atoms. The van der Waals surface area contributed by atoms with Gasteiger partial charge in [-0.05, 0) is 49.8 Å². The van der Waals surface area contributed by atoms with E-state index < -0.39 is 3.23 Å². The first-order valence-electron chi connectivity index (χ1n) is 5.45. The van der Waals surface area contributed by atoms with Crippen molar-refractivity contribution in [1.29, 1.82) is 0 Å². The summed E-state index contributed by atoms with van der Waals surface area (Å²) < 4.78 is -0.566. The summed E-state index contributed by atoms with van der Waals surface area (Å²) in [6.45, 7) is 4.10. The molecule has 0 fully saturated rings. The summed E-state index contributed by atoms with van der Waals surface area (Å²) in [6.07, 6.45) is 2.85. The molecule has 0 bridgehead atoms. The van der Waals surface area contributed by atoms with Crippen LogP contribution in [0.2, 0.25) is 0 Å². The molecule has 3 heteroatoms. The third-order valence-electron chi connectivity index (χ3n) is 3.23. The van der Waals surface area contributed by atoms with E-state index in [4.69, 9.17) is 0 Å². The number of halogens is 2. The molecule has 16 heavy (non-hydrogen) atoms. The zero-order valence-corrected chi connectivity index (χ0v) is 12.6. The van der Waals surface area contributed by atoms with Crippen LogP contribution in [0.25, 0.3) is 0 Å². The first-order valence-corrected chi connectivity index (χ1v) is 7.04. The molecule has 1 nitrogen and oxygen atoms in total. The van der Waals surface area contributed by atoms with Crippen molar-refractivity contribution in [3.8, 4) is 0 Å². The molecular weight excluding hydrogens is 332 g/mol. The van der Waals surface area contributed by atoms with Crippen molar-refractivity contribution in [1.82, 2.24) is 0 Å². The molecule has 0 unspecified atom stereocenters. The first-order chi connectivity index (χ1) is 7.43. The van der Waals surface area contributed by atoms with E-state index in [1.54, 1.807) is 0 Å². The fourth-order valence-corrected chi connectivity index (χ4v) is 3.25. The number of Topliss-reactive ketones (excluding diaryl/α,β-unsaturated/α-hetero) is 1. The van der Waals surface area contributed by atoms with E-state index in [1.165, 1.54) is 11.1 Å². The second-order valence-electron chi connectivity index (χ2n) is 4.44. The summed E-state index contributed by atoms with van der Waals surface area (Å²) in [5.74, 6) is 0.168. The number of aryl methyl sites for hydroxylation is 2. The lowest BCUT2D eigenvalue weighted by Crippen LogP contribution is -2.24. The molecular formula is C13H14Br2O. The van der Waals surface area contributed by atoms with Crippen molar-refractivity contribution in [2.75, 3.05) is 0 Å². The van der Waals surface area contributed by atoms with E-state index in [0.717, 1.165) is 30.4 Å². The van der Waals surface area contributed by atoms with Crippen molar-refractivity contribution >= 4 is 37.6 Å². The van der Waals surface area contributed by atoms with Crippen LogP contribution in [0.15, 0.2) is 12.1 Å². The molecule has 1 aliphatic rings. The van der Waals surface area contributed by atoms with E-state index in [-0.39, 0.29) is 5.78 Å². The van der Waals surface area contributed by atoms with E-state index >= 15 is 0 Å². The van der Waals surface area contributed by atoms with Crippen LogP contribution in [0.3, 0.4) is 0 Å². The molecule has 0 heterocycles. The third kappa shape index (κ3) is 2.00. The second kappa shape index (κ2) is 4.26. The topological polar surface area (TPSA) is 17.1 Å². The summed E-state index contributed by atoms with van der Waals surface area (Å²) in [4.78, 5) is 12.4. The minimum absolute atomic E-state index is 0.168. The van der Waals surface area contributed by atoms with Crippen LogP contribution in [0.5, 0.6) is 0 Å². The quantitative estimate of drug-likeness (QED) is 0.506. The summed E-state index contributed by atoms with van der Waals surface area (Å²) in [5.41, 5.74) is 4.44. The lowest BCUT2D eigenvalue weighted by molar-refractivity contribution is 0.0981. The summed E-state index contributed by atoms with van der Waals surface area (Å²) in [5, 5.41) is 0. The molecule has 86 valence electrons. The van der Waals surface area contributed by atoms with Gasteiger partial charge in [0.25, 0.3) is 0 Å². The van der Waals surface area contributed by atoms with Crippen molar-refractivity contribution in [2.24, 2.45) is 0 Å². The maximum absolute atomic E-state index is 12.4. The molecule has 0 aliphatic heterocycles. The van der Waals surface area contributed by atoms with Gasteiger partial charge in [-0.2, -0.15) is 0 Å². The van der Waals surface area contributed by atoms with Gasteiger partial charge < -0.3 is 0 Å². The Bertz CT molecular complexity index is 449. The molecule has 0 radical (unpaired) electrons. The van der Waals surface area contributed by atoms with Gasteiger partial charge in [0.2, 0.25) is 0 Å². The minimum atomic E-state index is -0.566. The van der Waals surface area contributed by atoms with Crippen LogP contribution in [0.1, 0.15) is 39.9 Å². The number of hydrogen-bond donors (Lipinski definition) is 0. The minimum Gasteiger partial charge on any atom is -0.292 e. The maximum atomic E-state index is 12.4. The smallest absolute Gasteiger partial charge is 0.190 e. The predicted octanol–water partition coefficient (Wildman–Crippen LogP) is 4.31. The molecule has 1 aliphatic carbocycles. The Morgan fingerprint density at radius 2 is 1.81 bits per heavy atom. The number of alkyl halides is 2. The predicted molar refractivity (Wildman–Crippen MR) is 73.8 cm³/mol. The zero-order valence-electron chi connectivity index (χ0n) is 9.44. The molecule has 1 aromatic carbocycles. The van der Waals surface area contributed by atoms with Crippen LogP contribution >= 0.6 is 31.9 Å². The Balaban J connectivity index is 2.66. The number of carbonyl (C=O) groups is 1. The number of benzene rings is 1. The Kier molecular flexibility index (Phi) is 3.28. The molecule has 1 aromatic rings. The Morgan fingerprint density at radius 1 is 1.19 bits per heavy atom. The van der Waals surface area contributed by atoms with E-state index in [1.807, 2.05) is 13.0 Å². The normalized spacial score (nSPS) is 19.1. The summed E-state index contributed by atoms with van der Waals surface area (Å²) >= 11 is 7.01. The highest BCUT2D eigenvalue weighted by Crippen LogP contribution is 2.40. The van der Waals surface area contributed by atoms with Gasteiger partial charge in [-0.25, -0.2) is 0 Å². The molecule has 0 amide bonds. The van der Waals surface area contributed by atoms with Gasteiger partial charge >= 0.3 is 0 Å². The van der Waals surface area contributed by atoms with Crippen LogP contribution in [0, 0.1) is 13.8 Å². The third-order valence-corrected chi connectivity index (χ3v) is 4.75. The van der Waals surface area contributed by atoms with Crippen molar-refractivity contribution in [3.05, 3.63) is 34.4 Å². The van der Waals surface area contributed by atoms with Crippen LogP contribution in [0.4, 0.5) is 0 Å². The maximum Gasteiger partial charge on any atom is 0.190 e. The van der Waals surface area contributed by atoms with E-state index in [9.17, 15) is 4.79 Å². The summed E-state index contributed by atoms with van der Waals surface area (Å²) in [6, 6.07) is 4.14. The fourth-order valence-electron chi connectivity index (χ4n) is 2.29. The average molecular weight is 346 g/mol. The average Bonchev–Trinajstić information content (AvgIpc) is 2.32. The monoisotopic (exact) mass is 344 g/mol. The molecule has 0 atom stereocenters.